The Hall–Kier alpha value is -3.41. The van der Waals surface area contributed by atoms with Gasteiger partial charge in [0.05, 0.1) is 16.6 Å². The van der Waals surface area contributed by atoms with E-state index in [1.54, 1.807) is 10.6 Å². The lowest BCUT2D eigenvalue weighted by atomic mass is 10.1. The van der Waals surface area contributed by atoms with E-state index >= 15 is 0 Å². The van der Waals surface area contributed by atoms with Gasteiger partial charge in [0.15, 0.2) is 0 Å². The molecule has 0 aliphatic rings. The van der Waals surface area contributed by atoms with Gasteiger partial charge in [-0.15, -0.1) is 0 Å². The lowest BCUT2D eigenvalue weighted by Crippen LogP contribution is -2.29. The average Bonchev–Trinajstić information content (AvgIpc) is 3.07. The highest BCUT2D eigenvalue weighted by molar-refractivity contribution is 5.91. The third-order valence-electron chi connectivity index (χ3n) is 4.62. The number of aryl methyl sites for hydroxylation is 2. The van der Waals surface area contributed by atoms with Crippen molar-refractivity contribution >= 4 is 28.1 Å². The van der Waals surface area contributed by atoms with Crippen LogP contribution in [0.5, 0.6) is 0 Å². The Bertz CT molecular complexity index is 1220. The molecule has 2 heterocycles. The van der Waals surface area contributed by atoms with Crippen molar-refractivity contribution in [1.29, 1.82) is 0 Å². The first-order valence-corrected chi connectivity index (χ1v) is 8.93. The van der Waals surface area contributed by atoms with E-state index in [1.807, 2.05) is 55.5 Å². The van der Waals surface area contributed by atoms with E-state index in [0.29, 0.717) is 11.0 Å². The average molecular weight is 360 g/mol. The second-order valence-electron chi connectivity index (χ2n) is 6.57. The summed E-state index contributed by atoms with van der Waals surface area (Å²) in [4.78, 5) is 25.6. The fraction of sp³-hybridized carbons (Fsp3) is 0.190. The fourth-order valence-corrected chi connectivity index (χ4v) is 3.31. The number of hydrogen-bond acceptors (Lipinski definition) is 3. The summed E-state index contributed by atoms with van der Waals surface area (Å²) in [5.41, 5.74) is 3.80. The predicted molar refractivity (Wildman–Crippen MR) is 106 cm³/mol. The quantitative estimate of drug-likeness (QED) is 0.608. The van der Waals surface area contributed by atoms with Gasteiger partial charge in [-0.25, -0.2) is 4.52 Å². The van der Waals surface area contributed by atoms with Crippen molar-refractivity contribution < 1.29 is 4.79 Å². The molecule has 4 rings (SSSR count). The molecule has 1 amide bonds. The van der Waals surface area contributed by atoms with Crippen LogP contribution in [0.1, 0.15) is 18.2 Å². The van der Waals surface area contributed by atoms with Crippen LogP contribution >= 0.6 is 0 Å². The molecule has 0 radical (unpaired) electrons. The first-order chi connectivity index (χ1) is 13.1. The van der Waals surface area contributed by atoms with Crippen LogP contribution in [0, 0.1) is 6.92 Å². The first-order valence-electron chi connectivity index (χ1n) is 8.93. The van der Waals surface area contributed by atoms with Crippen molar-refractivity contribution in [2.75, 3.05) is 5.32 Å². The number of rotatable bonds is 4. The van der Waals surface area contributed by atoms with Gasteiger partial charge in [0.25, 0.3) is 5.56 Å². The van der Waals surface area contributed by atoms with Gasteiger partial charge in [0.1, 0.15) is 12.2 Å². The number of fused-ring (bicyclic) bond motifs is 3. The molecule has 2 aromatic carbocycles. The van der Waals surface area contributed by atoms with Crippen molar-refractivity contribution in [3.8, 4) is 0 Å². The summed E-state index contributed by atoms with van der Waals surface area (Å²) in [6.45, 7) is 3.86. The van der Waals surface area contributed by atoms with E-state index in [4.69, 9.17) is 0 Å². The van der Waals surface area contributed by atoms with Crippen LogP contribution in [0.2, 0.25) is 0 Å². The highest BCUT2D eigenvalue weighted by atomic mass is 16.2. The number of aromatic nitrogens is 3. The van der Waals surface area contributed by atoms with Crippen LogP contribution < -0.4 is 10.9 Å². The van der Waals surface area contributed by atoms with Crippen LogP contribution in [0.15, 0.2) is 59.4 Å². The Balaban J connectivity index is 1.75. The number of hydrogen-bond donors (Lipinski definition) is 1. The minimum Gasteiger partial charge on any atom is -0.325 e. The highest BCUT2D eigenvalue weighted by Gasteiger charge is 2.15. The fourth-order valence-electron chi connectivity index (χ4n) is 3.31. The Morgan fingerprint density at radius 3 is 2.74 bits per heavy atom. The van der Waals surface area contributed by atoms with Gasteiger partial charge in [-0.1, -0.05) is 31.2 Å². The summed E-state index contributed by atoms with van der Waals surface area (Å²) in [5, 5.41) is 7.90. The number of nitrogens with zero attached hydrogens (tertiary/aromatic N) is 3. The normalized spacial score (nSPS) is 11.2. The molecule has 0 spiro atoms. The molecule has 0 aliphatic carbocycles. The molecule has 6 heteroatoms. The van der Waals surface area contributed by atoms with Gasteiger partial charge in [-0.2, -0.15) is 5.10 Å². The van der Waals surface area contributed by atoms with E-state index in [1.165, 1.54) is 4.57 Å². The largest absolute Gasteiger partial charge is 0.325 e. The number of nitrogens with one attached hydrogen (secondary N) is 1. The summed E-state index contributed by atoms with van der Waals surface area (Å²) in [6.07, 6.45) is 0.892. The van der Waals surface area contributed by atoms with Gasteiger partial charge >= 0.3 is 0 Å². The monoisotopic (exact) mass is 360 g/mol. The van der Waals surface area contributed by atoms with E-state index in [-0.39, 0.29) is 18.0 Å². The van der Waals surface area contributed by atoms with Crippen LogP contribution in [0.4, 0.5) is 5.69 Å². The van der Waals surface area contributed by atoms with Gasteiger partial charge in [0, 0.05) is 11.8 Å². The molecular formula is C21H20N4O2. The van der Waals surface area contributed by atoms with Crippen molar-refractivity contribution in [3.63, 3.8) is 0 Å². The molecule has 1 N–H and O–H groups in total. The zero-order valence-electron chi connectivity index (χ0n) is 15.3. The van der Waals surface area contributed by atoms with Gasteiger partial charge in [-0.3, -0.25) is 14.2 Å². The van der Waals surface area contributed by atoms with E-state index in [9.17, 15) is 9.59 Å². The Kier molecular flexibility index (Phi) is 4.24. The van der Waals surface area contributed by atoms with E-state index in [0.717, 1.165) is 28.9 Å². The van der Waals surface area contributed by atoms with Crippen molar-refractivity contribution in [2.24, 2.45) is 0 Å². The molecule has 0 aliphatic heterocycles. The Morgan fingerprint density at radius 2 is 1.93 bits per heavy atom. The number of para-hydroxylation sites is 1. The number of carbonyl (C=O) groups excluding carboxylic acids is 1. The van der Waals surface area contributed by atoms with Crippen LogP contribution in [0.3, 0.4) is 0 Å². The topological polar surface area (TPSA) is 68.4 Å². The molecule has 0 atom stereocenters. The summed E-state index contributed by atoms with van der Waals surface area (Å²) in [7, 11) is 0. The molecule has 4 aromatic rings. The lowest BCUT2D eigenvalue weighted by molar-refractivity contribution is -0.116. The number of benzene rings is 2. The third kappa shape index (κ3) is 3.10. The zero-order chi connectivity index (χ0) is 19.0. The van der Waals surface area contributed by atoms with Gasteiger partial charge in [-0.05, 0) is 43.2 Å². The molecule has 0 unspecified atom stereocenters. The summed E-state index contributed by atoms with van der Waals surface area (Å²) in [6, 6.07) is 16.8. The van der Waals surface area contributed by atoms with Gasteiger partial charge < -0.3 is 5.32 Å². The molecule has 6 nitrogen and oxygen atoms in total. The zero-order valence-corrected chi connectivity index (χ0v) is 15.3. The summed E-state index contributed by atoms with van der Waals surface area (Å²) >= 11 is 0. The second-order valence-corrected chi connectivity index (χ2v) is 6.57. The number of amides is 1. The maximum atomic E-state index is 13.0. The first kappa shape index (κ1) is 17.0. The Labute approximate surface area is 156 Å². The molecule has 0 saturated carbocycles. The molecule has 0 bridgehead atoms. The Morgan fingerprint density at radius 1 is 1.11 bits per heavy atom. The minimum atomic E-state index is -0.249. The van der Waals surface area contributed by atoms with E-state index in [2.05, 4.69) is 17.3 Å². The predicted octanol–water partition coefficient (Wildman–Crippen LogP) is 3.16. The van der Waals surface area contributed by atoms with Crippen LogP contribution in [-0.2, 0) is 17.8 Å². The van der Waals surface area contributed by atoms with Crippen molar-refractivity contribution in [1.82, 2.24) is 14.2 Å². The smallest absolute Gasteiger partial charge is 0.262 e. The van der Waals surface area contributed by atoms with Crippen LogP contribution in [0.25, 0.3) is 16.6 Å². The van der Waals surface area contributed by atoms with Crippen molar-refractivity contribution in [2.45, 2.75) is 26.8 Å². The molecule has 2 aromatic heterocycles. The second kappa shape index (κ2) is 6.72. The lowest BCUT2D eigenvalue weighted by Gasteiger charge is -2.11. The number of carbonyl (C=O) groups is 1. The maximum absolute atomic E-state index is 13.0. The SMILES string of the molecule is CCc1cccc(NC(=O)Cn2c(=O)c3ccccc3n3nc(C)cc23)c1. The number of anilines is 1. The van der Waals surface area contributed by atoms with Crippen molar-refractivity contribution in [3.05, 3.63) is 76.2 Å². The summed E-state index contributed by atoms with van der Waals surface area (Å²) < 4.78 is 3.19. The van der Waals surface area contributed by atoms with Gasteiger partial charge in [0.2, 0.25) is 5.91 Å². The van der Waals surface area contributed by atoms with Crippen LogP contribution in [-0.4, -0.2) is 20.1 Å². The molecule has 136 valence electrons. The summed E-state index contributed by atoms with van der Waals surface area (Å²) in [5.74, 6) is -0.249. The van der Waals surface area contributed by atoms with E-state index < -0.39 is 0 Å². The molecule has 0 fully saturated rings. The maximum Gasteiger partial charge on any atom is 0.262 e. The standard InChI is InChI=1S/C21H20N4O2/c1-3-15-7-6-8-16(12-15)22-19(26)13-24-20-11-14(2)23-25(20)18-10-5-4-9-17(18)21(24)27/h4-12H,3,13H2,1-2H3,(H,22,26). The minimum absolute atomic E-state index is 0.0747. The molecule has 27 heavy (non-hydrogen) atoms. The molecular weight excluding hydrogens is 340 g/mol. The highest BCUT2D eigenvalue weighted by Crippen LogP contribution is 2.15. The third-order valence-corrected chi connectivity index (χ3v) is 4.62. The molecule has 0 saturated heterocycles.